The van der Waals surface area contributed by atoms with Crippen molar-refractivity contribution in [1.29, 1.82) is 0 Å². The molecular formula is C17H20N6OS. The number of hydrogen-bond donors (Lipinski definition) is 2. The van der Waals surface area contributed by atoms with Crippen molar-refractivity contribution in [3.8, 4) is 0 Å². The molecule has 0 aliphatic heterocycles. The molecule has 1 atom stereocenters. The van der Waals surface area contributed by atoms with E-state index in [0.717, 1.165) is 54.2 Å². The highest BCUT2D eigenvalue weighted by Gasteiger charge is 2.26. The molecule has 130 valence electrons. The first-order chi connectivity index (χ1) is 12.3. The summed E-state index contributed by atoms with van der Waals surface area (Å²) in [6.45, 7) is 0. The summed E-state index contributed by atoms with van der Waals surface area (Å²) in [4.78, 5) is 12.8. The topological polar surface area (TPSA) is 88.0 Å². The van der Waals surface area contributed by atoms with E-state index in [1.54, 1.807) is 11.8 Å². The van der Waals surface area contributed by atoms with Gasteiger partial charge in [-0.2, -0.15) is 16.9 Å². The van der Waals surface area contributed by atoms with Crippen LogP contribution in [0.15, 0.2) is 24.4 Å². The van der Waals surface area contributed by atoms with Gasteiger partial charge in [0.25, 0.3) is 5.91 Å². The summed E-state index contributed by atoms with van der Waals surface area (Å²) in [5, 5.41) is 18.9. The lowest BCUT2D eigenvalue weighted by atomic mass is 10.1. The van der Waals surface area contributed by atoms with E-state index in [1.165, 1.54) is 0 Å². The number of nitrogens with one attached hydrogen (secondary N) is 2. The third kappa shape index (κ3) is 3.02. The maximum atomic E-state index is 12.8. The first-order valence-electron chi connectivity index (χ1n) is 8.43. The molecule has 0 saturated carbocycles. The zero-order chi connectivity index (χ0) is 17.2. The number of aryl methyl sites for hydroxylation is 1. The van der Waals surface area contributed by atoms with Crippen LogP contribution in [0, 0.1) is 0 Å². The molecule has 0 fully saturated rings. The highest BCUT2D eigenvalue weighted by Crippen LogP contribution is 2.24. The number of amides is 1. The monoisotopic (exact) mass is 356 g/mol. The Hall–Kier alpha value is -2.35. The number of rotatable bonds is 6. The molecule has 0 spiro atoms. The van der Waals surface area contributed by atoms with Crippen LogP contribution in [0.1, 0.15) is 46.5 Å². The molecule has 2 N–H and O–H groups in total. The van der Waals surface area contributed by atoms with E-state index in [2.05, 4.69) is 32.0 Å². The SMILES string of the molecule is CSCCC(NC(=O)c1n[nH]c2c1CCC2)c1nnc2ccccn12. The molecule has 0 radical (unpaired) electrons. The number of aromatic nitrogens is 5. The van der Waals surface area contributed by atoms with Gasteiger partial charge in [0.05, 0.1) is 6.04 Å². The summed E-state index contributed by atoms with van der Waals surface area (Å²) in [7, 11) is 0. The largest absolute Gasteiger partial charge is 0.341 e. The number of carbonyl (C=O) groups is 1. The van der Waals surface area contributed by atoms with E-state index in [1.807, 2.05) is 28.8 Å². The zero-order valence-corrected chi connectivity index (χ0v) is 14.8. The molecule has 3 aromatic rings. The Labute approximate surface area is 149 Å². The molecular weight excluding hydrogens is 336 g/mol. The van der Waals surface area contributed by atoms with Gasteiger partial charge in [-0.3, -0.25) is 14.3 Å². The van der Waals surface area contributed by atoms with Crippen LogP contribution in [0.5, 0.6) is 0 Å². The predicted molar refractivity (Wildman–Crippen MR) is 96.8 cm³/mol. The van der Waals surface area contributed by atoms with Gasteiger partial charge in [-0.1, -0.05) is 6.07 Å². The van der Waals surface area contributed by atoms with Crippen LogP contribution in [0.3, 0.4) is 0 Å². The Kier molecular flexibility index (Phi) is 4.44. The maximum Gasteiger partial charge on any atom is 0.272 e. The van der Waals surface area contributed by atoms with Crippen molar-refractivity contribution < 1.29 is 4.79 Å². The Morgan fingerprint density at radius 1 is 1.40 bits per heavy atom. The van der Waals surface area contributed by atoms with Crippen LogP contribution in [-0.2, 0) is 12.8 Å². The van der Waals surface area contributed by atoms with Crippen molar-refractivity contribution in [2.24, 2.45) is 0 Å². The maximum absolute atomic E-state index is 12.8. The van der Waals surface area contributed by atoms with Crippen LogP contribution in [0.4, 0.5) is 0 Å². The first kappa shape index (κ1) is 16.1. The molecule has 1 unspecified atom stereocenters. The van der Waals surface area contributed by atoms with Gasteiger partial charge >= 0.3 is 0 Å². The number of hydrogen-bond acceptors (Lipinski definition) is 5. The molecule has 1 aliphatic carbocycles. The van der Waals surface area contributed by atoms with Crippen molar-refractivity contribution in [3.05, 3.63) is 47.2 Å². The second-order valence-electron chi connectivity index (χ2n) is 6.18. The third-order valence-electron chi connectivity index (χ3n) is 4.59. The number of aromatic amines is 1. The molecule has 0 saturated heterocycles. The van der Waals surface area contributed by atoms with Gasteiger partial charge in [0.2, 0.25) is 0 Å². The number of thioether (sulfide) groups is 1. The number of carbonyl (C=O) groups excluding carboxylic acids is 1. The number of fused-ring (bicyclic) bond motifs is 2. The highest BCUT2D eigenvalue weighted by atomic mass is 32.2. The van der Waals surface area contributed by atoms with Gasteiger partial charge in [-0.15, -0.1) is 10.2 Å². The van der Waals surface area contributed by atoms with Gasteiger partial charge < -0.3 is 5.32 Å². The summed E-state index contributed by atoms with van der Waals surface area (Å²) in [6, 6.07) is 5.57. The van der Waals surface area contributed by atoms with E-state index in [0.29, 0.717) is 5.69 Å². The molecule has 7 nitrogen and oxygen atoms in total. The fourth-order valence-electron chi connectivity index (χ4n) is 3.33. The van der Waals surface area contributed by atoms with E-state index in [-0.39, 0.29) is 11.9 Å². The molecule has 0 bridgehead atoms. The average Bonchev–Trinajstić information content (AvgIpc) is 3.33. The molecule has 25 heavy (non-hydrogen) atoms. The first-order valence-corrected chi connectivity index (χ1v) is 9.83. The van der Waals surface area contributed by atoms with E-state index < -0.39 is 0 Å². The normalized spacial score (nSPS) is 14.6. The fraction of sp³-hybridized carbons (Fsp3) is 0.412. The Balaban J connectivity index is 1.62. The van der Waals surface area contributed by atoms with E-state index in [9.17, 15) is 4.79 Å². The Morgan fingerprint density at radius 2 is 2.32 bits per heavy atom. The molecule has 8 heteroatoms. The van der Waals surface area contributed by atoms with Crippen LogP contribution in [-0.4, -0.2) is 42.7 Å². The summed E-state index contributed by atoms with van der Waals surface area (Å²) in [5.74, 6) is 1.54. The lowest BCUT2D eigenvalue weighted by molar-refractivity contribution is 0.0927. The van der Waals surface area contributed by atoms with Crippen molar-refractivity contribution in [1.82, 2.24) is 30.1 Å². The number of pyridine rings is 1. The second kappa shape index (κ2) is 6.87. The third-order valence-corrected chi connectivity index (χ3v) is 5.23. The minimum Gasteiger partial charge on any atom is -0.341 e. The molecule has 3 heterocycles. The van der Waals surface area contributed by atoms with Crippen molar-refractivity contribution >= 4 is 23.3 Å². The van der Waals surface area contributed by atoms with Crippen LogP contribution < -0.4 is 5.32 Å². The summed E-state index contributed by atoms with van der Waals surface area (Å²) in [5.41, 5.74) is 3.46. The number of H-pyrrole nitrogens is 1. The minimum atomic E-state index is -0.203. The van der Waals surface area contributed by atoms with Gasteiger partial charge in [-0.05, 0) is 49.8 Å². The lowest BCUT2D eigenvalue weighted by Crippen LogP contribution is -2.31. The zero-order valence-electron chi connectivity index (χ0n) is 14.0. The quantitative estimate of drug-likeness (QED) is 0.707. The van der Waals surface area contributed by atoms with Gasteiger partial charge in [0.1, 0.15) is 0 Å². The van der Waals surface area contributed by atoms with E-state index >= 15 is 0 Å². The highest BCUT2D eigenvalue weighted by molar-refractivity contribution is 7.98. The predicted octanol–water partition coefficient (Wildman–Crippen LogP) is 2.17. The van der Waals surface area contributed by atoms with E-state index in [4.69, 9.17) is 0 Å². The average molecular weight is 356 g/mol. The van der Waals surface area contributed by atoms with Crippen molar-refractivity contribution in [2.45, 2.75) is 31.7 Å². The van der Waals surface area contributed by atoms with Gasteiger partial charge in [0, 0.05) is 17.5 Å². The van der Waals surface area contributed by atoms with Gasteiger partial charge in [0.15, 0.2) is 17.2 Å². The molecule has 0 aromatic carbocycles. The second-order valence-corrected chi connectivity index (χ2v) is 7.16. The van der Waals surface area contributed by atoms with Crippen LogP contribution in [0.2, 0.25) is 0 Å². The fourth-order valence-corrected chi connectivity index (χ4v) is 3.80. The summed E-state index contributed by atoms with van der Waals surface area (Å²) >= 11 is 1.75. The van der Waals surface area contributed by atoms with Gasteiger partial charge in [-0.25, -0.2) is 0 Å². The smallest absolute Gasteiger partial charge is 0.272 e. The molecule has 1 amide bonds. The minimum absolute atomic E-state index is 0.141. The lowest BCUT2D eigenvalue weighted by Gasteiger charge is -2.16. The Morgan fingerprint density at radius 3 is 3.20 bits per heavy atom. The Bertz CT molecular complexity index is 902. The summed E-state index contributed by atoms with van der Waals surface area (Å²) in [6.07, 6.45) is 7.73. The van der Waals surface area contributed by atoms with Crippen molar-refractivity contribution in [2.75, 3.05) is 12.0 Å². The van der Waals surface area contributed by atoms with Crippen LogP contribution >= 0.6 is 11.8 Å². The van der Waals surface area contributed by atoms with Crippen LogP contribution in [0.25, 0.3) is 5.65 Å². The standard InChI is InChI=1S/C17H20N6OS/c1-25-10-8-13(16-22-20-14-7-2-3-9-23(14)16)18-17(24)15-11-5-4-6-12(11)19-21-15/h2-3,7,9,13H,4-6,8,10H2,1H3,(H,18,24)(H,19,21). The molecule has 3 aromatic heterocycles. The molecule has 4 rings (SSSR count). The summed E-state index contributed by atoms with van der Waals surface area (Å²) < 4.78 is 1.93. The van der Waals surface area contributed by atoms with Crippen molar-refractivity contribution in [3.63, 3.8) is 0 Å². The number of nitrogens with zero attached hydrogens (tertiary/aromatic N) is 4. The molecule has 1 aliphatic rings.